The Morgan fingerprint density at radius 3 is 2.38 bits per heavy atom. The van der Waals surface area contributed by atoms with Crippen LogP contribution in [-0.2, 0) is 11.3 Å². The molecule has 1 saturated heterocycles. The summed E-state index contributed by atoms with van der Waals surface area (Å²) in [6.45, 7) is 4.41. The number of amides is 2. The molecule has 0 radical (unpaired) electrons. The third-order valence-electron chi connectivity index (χ3n) is 4.77. The molecule has 1 aromatic heterocycles. The Morgan fingerprint density at radius 1 is 1.03 bits per heavy atom. The van der Waals surface area contributed by atoms with Crippen LogP contribution in [0.4, 0.5) is 4.79 Å². The molecule has 7 heteroatoms. The molecule has 1 fully saturated rings. The van der Waals surface area contributed by atoms with E-state index in [2.05, 4.69) is 54.6 Å². The van der Waals surface area contributed by atoms with Crippen molar-refractivity contribution >= 4 is 71.7 Å². The van der Waals surface area contributed by atoms with E-state index in [4.69, 9.17) is 0 Å². The molecule has 0 atom stereocenters. The number of halogens is 2. The molecule has 2 heterocycles. The van der Waals surface area contributed by atoms with Gasteiger partial charge in [-0.05, 0) is 67.6 Å². The standard InChI is InChI=1S/C22H18Br2N2O2S/c1-13(2)26-21(27)20(29-22(26)28)9-15-12-25(11-14-3-5-16(23)6-4-14)19-8-7-17(24)10-18(15)19/h3-10,12-13H,11H2,1-2H3/b20-9-. The van der Waals surface area contributed by atoms with E-state index in [-0.39, 0.29) is 17.2 Å². The van der Waals surface area contributed by atoms with Crippen LogP contribution in [0.1, 0.15) is 25.0 Å². The fraction of sp³-hybridized carbons (Fsp3) is 0.182. The molecule has 29 heavy (non-hydrogen) atoms. The largest absolute Gasteiger partial charge is 0.342 e. The van der Waals surface area contributed by atoms with Gasteiger partial charge in [-0.25, -0.2) is 0 Å². The van der Waals surface area contributed by atoms with E-state index in [9.17, 15) is 9.59 Å². The molecule has 0 N–H and O–H groups in total. The maximum atomic E-state index is 12.7. The van der Waals surface area contributed by atoms with Gasteiger partial charge in [0.2, 0.25) is 0 Å². The zero-order valence-corrected chi connectivity index (χ0v) is 19.8. The Balaban J connectivity index is 1.77. The molecule has 148 valence electrons. The van der Waals surface area contributed by atoms with Gasteiger partial charge in [0.1, 0.15) is 0 Å². The first-order valence-electron chi connectivity index (χ1n) is 9.13. The van der Waals surface area contributed by atoms with Crippen molar-refractivity contribution < 1.29 is 9.59 Å². The number of carbonyl (C=O) groups excluding carboxylic acids is 2. The van der Waals surface area contributed by atoms with Crippen LogP contribution in [0.2, 0.25) is 0 Å². The van der Waals surface area contributed by atoms with Crippen molar-refractivity contribution in [3.05, 3.63) is 73.6 Å². The lowest BCUT2D eigenvalue weighted by atomic mass is 10.1. The van der Waals surface area contributed by atoms with Crippen LogP contribution < -0.4 is 0 Å². The normalized spacial score (nSPS) is 16.0. The van der Waals surface area contributed by atoms with Crippen molar-refractivity contribution in [3.63, 3.8) is 0 Å². The Kier molecular flexibility index (Phi) is 5.73. The highest BCUT2D eigenvalue weighted by Gasteiger charge is 2.36. The number of imide groups is 1. The predicted octanol–water partition coefficient (Wildman–Crippen LogP) is 6.66. The van der Waals surface area contributed by atoms with Gasteiger partial charge >= 0.3 is 0 Å². The first-order valence-corrected chi connectivity index (χ1v) is 11.5. The van der Waals surface area contributed by atoms with Crippen LogP contribution in [0.25, 0.3) is 17.0 Å². The Bertz CT molecular complexity index is 1150. The Morgan fingerprint density at radius 2 is 1.72 bits per heavy atom. The second-order valence-corrected chi connectivity index (χ2v) is 9.97. The lowest BCUT2D eigenvalue weighted by Gasteiger charge is -2.16. The van der Waals surface area contributed by atoms with Gasteiger partial charge in [-0.2, -0.15) is 0 Å². The van der Waals surface area contributed by atoms with Crippen LogP contribution in [-0.4, -0.2) is 26.7 Å². The average molecular weight is 534 g/mol. The van der Waals surface area contributed by atoms with Crippen molar-refractivity contribution in [1.29, 1.82) is 0 Å². The fourth-order valence-electron chi connectivity index (χ4n) is 3.40. The number of rotatable bonds is 4. The zero-order chi connectivity index (χ0) is 20.7. The number of aromatic nitrogens is 1. The molecule has 3 aromatic rings. The summed E-state index contributed by atoms with van der Waals surface area (Å²) in [5, 5.41) is 0.823. The van der Waals surface area contributed by atoms with E-state index in [1.807, 2.05) is 50.4 Å². The average Bonchev–Trinajstić information content (AvgIpc) is 3.14. The summed E-state index contributed by atoms with van der Waals surface area (Å²) in [6, 6.07) is 14.2. The van der Waals surface area contributed by atoms with E-state index in [0.29, 0.717) is 11.4 Å². The van der Waals surface area contributed by atoms with E-state index in [0.717, 1.165) is 37.2 Å². The number of fused-ring (bicyclic) bond motifs is 1. The topological polar surface area (TPSA) is 42.3 Å². The van der Waals surface area contributed by atoms with Crippen molar-refractivity contribution in [2.24, 2.45) is 0 Å². The molecular formula is C22H18Br2N2O2S. The quantitative estimate of drug-likeness (QED) is 0.352. The fourth-order valence-corrected chi connectivity index (χ4v) is 4.97. The summed E-state index contributed by atoms with van der Waals surface area (Å²) >= 11 is 8.02. The smallest absolute Gasteiger partial charge is 0.293 e. The number of hydrogen-bond acceptors (Lipinski definition) is 3. The highest BCUT2D eigenvalue weighted by atomic mass is 79.9. The molecule has 4 nitrogen and oxygen atoms in total. The number of hydrogen-bond donors (Lipinski definition) is 0. The van der Waals surface area contributed by atoms with Gasteiger partial charge in [0.05, 0.1) is 4.91 Å². The van der Waals surface area contributed by atoms with Gasteiger partial charge in [0.25, 0.3) is 11.1 Å². The minimum atomic E-state index is -0.223. The predicted molar refractivity (Wildman–Crippen MR) is 126 cm³/mol. The SMILES string of the molecule is CC(C)N1C(=O)S/C(=C\c2cn(Cc3ccc(Br)cc3)c3ccc(Br)cc23)C1=O. The molecule has 0 spiro atoms. The van der Waals surface area contributed by atoms with E-state index in [1.165, 1.54) is 10.5 Å². The Labute approximate surface area is 190 Å². The highest BCUT2D eigenvalue weighted by Crippen LogP contribution is 2.35. The molecule has 0 saturated carbocycles. The van der Waals surface area contributed by atoms with E-state index < -0.39 is 0 Å². The monoisotopic (exact) mass is 532 g/mol. The number of carbonyl (C=O) groups is 2. The molecule has 1 aliphatic heterocycles. The molecule has 1 aliphatic rings. The minimum absolute atomic E-state index is 0.152. The highest BCUT2D eigenvalue weighted by molar-refractivity contribution is 9.10. The van der Waals surface area contributed by atoms with Crippen molar-refractivity contribution in [1.82, 2.24) is 9.47 Å². The van der Waals surface area contributed by atoms with E-state index in [1.54, 1.807) is 0 Å². The Hall–Kier alpha value is -1.83. The lowest BCUT2D eigenvalue weighted by Crippen LogP contribution is -2.34. The van der Waals surface area contributed by atoms with Crippen molar-refractivity contribution in [2.75, 3.05) is 0 Å². The number of nitrogens with zero attached hydrogens (tertiary/aromatic N) is 2. The lowest BCUT2D eigenvalue weighted by molar-refractivity contribution is -0.123. The second-order valence-electron chi connectivity index (χ2n) is 7.15. The zero-order valence-electron chi connectivity index (χ0n) is 15.9. The third kappa shape index (κ3) is 4.09. The van der Waals surface area contributed by atoms with Crippen LogP contribution in [0, 0.1) is 0 Å². The minimum Gasteiger partial charge on any atom is -0.342 e. The van der Waals surface area contributed by atoms with Crippen LogP contribution in [0.3, 0.4) is 0 Å². The summed E-state index contributed by atoms with van der Waals surface area (Å²) in [4.78, 5) is 26.7. The third-order valence-corrected chi connectivity index (χ3v) is 6.67. The molecule has 0 bridgehead atoms. The number of benzene rings is 2. The van der Waals surface area contributed by atoms with Gasteiger partial charge in [0, 0.05) is 44.2 Å². The summed E-state index contributed by atoms with van der Waals surface area (Å²) in [7, 11) is 0. The second kappa shape index (κ2) is 8.13. The van der Waals surface area contributed by atoms with Gasteiger partial charge in [-0.3, -0.25) is 14.5 Å². The molecule has 0 unspecified atom stereocenters. The van der Waals surface area contributed by atoms with Crippen LogP contribution in [0.5, 0.6) is 0 Å². The van der Waals surface area contributed by atoms with Gasteiger partial charge in [0.15, 0.2) is 0 Å². The van der Waals surface area contributed by atoms with Gasteiger partial charge < -0.3 is 4.57 Å². The first-order chi connectivity index (χ1) is 13.8. The molecule has 2 amide bonds. The van der Waals surface area contributed by atoms with Crippen molar-refractivity contribution in [2.45, 2.75) is 26.4 Å². The van der Waals surface area contributed by atoms with Crippen molar-refractivity contribution in [3.8, 4) is 0 Å². The molecule has 0 aliphatic carbocycles. The first kappa shape index (κ1) is 20.4. The van der Waals surface area contributed by atoms with Gasteiger partial charge in [-0.1, -0.05) is 44.0 Å². The summed E-state index contributed by atoms with van der Waals surface area (Å²) in [5.41, 5.74) is 3.18. The van der Waals surface area contributed by atoms with Gasteiger partial charge in [-0.15, -0.1) is 0 Å². The number of thioether (sulfide) groups is 1. The molecule has 4 rings (SSSR count). The van der Waals surface area contributed by atoms with E-state index >= 15 is 0 Å². The maximum absolute atomic E-state index is 12.7. The molecule has 2 aromatic carbocycles. The summed E-state index contributed by atoms with van der Waals surface area (Å²) in [5.74, 6) is -0.223. The maximum Gasteiger partial charge on any atom is 0.293 e. The molecular weight excluding hydrogens is 516 g/mol. The van der Waals surface area contributed by atoms with Crippen LogP contribution >= 0.6 is 43.6 Å². The summed E-state index contributed by atoms with van der Waals surface area (Å²) in [6.07, 6.45) is 3.88. The van der Waals surface area contributed by atoms with Crippen LogP contribution in [0.15, 0.2) is 62.5 Å². The summed E-state index contributed by atoms with van der Waals surface area (Å²) < 4.78 is 4.18.